The number of fused-ring (bicyclic) bond motifs is 1. The van der Waals surface area contributed by atoms with Crippen LogP contribution in [0.1, 0.15) is 35.6 Å². The lowest BCUT2D eigenvalue weighted by atomic mass is 9.97. The highest BCUT2D eigenvalue weighted by molar-refractivity contribution is 5.83. The number of nitrogens with zero attached hydrogens (tertiary/aromatic N) is 1. The number of aliphatic imine (C=N–C) groups is 1. The smallest absolute Gasteiger partial charge is 0.305 e. The molecule has 1 aliphatic heterocycles. The van der Waals surface area contributed by atoms with Crippen LogP contribution < -0.4 is 10.6 Å². The van der Waals surface area contributed by atoms with Crippen molar-refractivity contribution in [1.29, 1.82) is 0 Å². The summed E-state index contributed by atoms with van der Waals surface area (Å²) in [6.45, 7) is 6.54. The van der Waals surface area contributed by atoms with Gasteiger partial charge in [0.2, 0.25) is 0 Å². The molecule has 1 aliphatic carbocycles. The van der Waals surface area contributed by atoms with Gasteiger partial charge in [-0.3, -0.25) is 9.79 Å². The molecule has 0 bridgehead atoms. The fraction of sp³-hybridized carbons (Fsp3) is 0.444. The average molecular weight is 313 g/mol. The third kappa shape index (κ3) is 3.23. The highest BCUT2D eigenvalue weighted by atomic mass is 16.4. The van der Waals surface area contributed by atoms with E-state index >= 15 is 0 Å². The zero-order valence-electron chi connectivity index (χ0n) is 13.4. The Bertz CT molecular complexity index is 654. The van der Waals surface area contributed by atoms with Crippen molar-refractivity contribution in [3.05, 3.63) is 47.5 Å². The molecule has 0 radical (unpaired) electrons. The summed E-state index contributed by atoms with van der Waals surface area (Å²) in [6.07, 6.45) is 4.04. The van der Waals surface area contributed by atoms with Crippen molar-refractivity contribution in [2.45, 2.75) is 38.3 Å². The molecule has 3 N–H and O–H groups in total. The topological polar surface area (TPSA) is 73.7 Å². The summed E-state index contributed by atoms with van der Waals surface area (Å²) >= 11 is 0. The van der Waals surface area contributed by atoms with Gasteiger partial charge in [0.25, 0.3) is 0 Å². The molecular formula is C18H23N3O2. The molecule has 3 atom stereocenters. The number of hydrogen-bond donors (Lipinski definition) is 3. The van der Waals surface area contributed by atoms with Gasteiger partial charge in [-0.15, -0.1) is 6.58 Å². The first-order valence-electron chi connectivity index (χ1n) is 8.07. The zero-order valence-corrected chi connectivity index (χ0v) is 13.4. The standard InChI is InChI=1S/C18H23N3O2/c1-3-5-12-8-15-11(2)6-4-7-14(15)17(12)21-18-19-10-13(20-18)9-16(22)23/h3-4,6-7,12-13,17H,1,5,8-10H2,2H3,(H,22,23)(H2,19,20,21). The number of rotatable bonds is 5. The van der Waals surface area contributed by atoms with Gasteiger partial charge in [-0.1, -0.05) is 24.3 Å². The van der Waals surface area contributed by atoms with Gasteiger partial charge in [0.1, 0.15) is 0 Å². The fourth-order valence-corrected chi connectivity index (χ4v) is 3.61. The minimum atomic E-state index is -0.801. The van der Waals surface area contributed by atoms with Crippen LogP contribution in [0.25, 0.3) is 0 Å². The number of carboxylic acid groups (broad SMARTS) is 1. The lowest BCUT2D eigenvalue weighted by Crippen LogP contribution is -2.42. The van der Waals surface area contributed by atoms with Crippen LogP contribution in [0.15, 0.2) is 35.8 Å². The van der Waals surface area contributed by atoms with E-state index in [1.807, 2.05) is 6.08 Å². The molecule has 1 aromatic rings. The fourth-order valence-electron chi connectivity index (χ4n) is 3.61. The van der Waals surface area contributed by atoms with E-state index in [1.54, 1.807) is 0 Å². The van der Waals surface area contributed by atoms with Crippen LogP contribution in [0.2, 0.25) is 0 Å². The van der Waals surface area contributed by atoms with E-state index in [1.165, 1.54) is 16.7 Å². The maximum atomic E-state index is 10.8. The molecule has 3 unspecified atom stereocenters. The SMILES string of the molecule is C=CCC1Cc2c(C)cccc2C1NC1=NCC(CC(=O)O)N1. The van der Waals surface area contributed by atoms with Crippen LogP contribution in [0, 0.1) is 12.8 Å². The van der Waals surface area contributed by atoms with Crippen molar-refractivity contribution < 1.29 is 9.90 Å². The molecule has 0 saturated carbocycles. The molecule has 5 heteroatoms. The third-order valence-electron chi connectivity index (χ3n) is 4.71. The minimum absolute atomic E-state index is 0.0884. The molecule has 23 heavy (non-hydrogen) atoms. The molecule has 1 aromatic carbocycles. The predicted molar refractivity (Wildman–Crippen MR) is 90.5 cm³/mol. The van der Waals surface area contributed by atoms with Gasteiger partial charge in [0, 0.05) is 0 Å². The van der Waals surface area contributed by atoms with E-state index in [0.717, 1.165) is 12.8 Å². The van der Waals surface area contributed by atoms with Gasteiger partial charge in [0.15, 0.2) is 5.96 Å². The Morgan fingerprint density at radius 2 is 2.39 bits per heavy atom. The Labute approximate surface area is 136 Å². The summed E-state index contributed by atoms with van der Waals surface area (Å²) in [5.41, 5.74) is 4.06. The van der Waals surface area contributed by atoms with Crippen molar-refractivity contribution in [2.75, 3.05) is 6.54 Å². The van der Waals surface area contributed by atoms with Gasteiger partial charge in [-0.2, -0.15) is 0 Å². The number of nitrogens with one attached hydrogen (secondary N) is 2. The maximum absolute atomic E-state index is 10.8. The molecule has 0 saturated heterocycles. The van der Waals surface area contributed by atoms with E-state index in [9.17, 15) is 4.79 Å². The van der Waals surface area contributed by atoms with Crippen LogP contribution in [0.3, 0.4) is 0 Å². The van der Waals surface area contributed by atoms with Crippen LogP contribution >= 0.6 is 0 Å². The van der Waals surface area contributed by atoms with Crippen molar-refractivity contribution in [3.8, 4) is 0 Å². The average Bonchev–Trinajstić information content (AvgIpc) is 3.06. The second kappa shape index (κ2) is 6.44. The van der Waals surface area contributed by atoms with Crippen LogP contribution in [0.5, 0.6) is 0 Å². The van der Waals surface area contributed by atoms with E-state index in [4.69, 9.17) is 5.11 Å². The first-order valence-corrected chi connectivity index (χ1v) is 8.07. The van der Waals surface area contributed by atoms with Gasteiger partial charge >= 0.3 is 5.97 Å². The highest BCUT2D eigenvalue weighted by Crippen LogP contribution is 2.39. The summed E-state index contributed by atoms with van der Waals surface area (Å²) in [5, 5.41) is 15.6. The molecule has 3 rings (SSSR count). The Hall–Kier alpha value is -2.30. The first-order chi connectivity index (χ1) is 11.1. The molecule has 122 valence electrons. The predicted octanol–water partition coefficient (Wildman–Crippen LogP) is 2.18. The second-order valence-corrected chi connectivity index (χ2v) is 6.38. The molecule has 1 heterocycles. The van der Waals surface area contributed by atoms with Crippen molar-refractivity contribution in [3.63, 3.8) is 0 Å². The second-order valence-electron chi connectivity index (χ2n) is 6.38. The Morgan fingerprint density at radius 1 is 1.57 bits per heavy atom. The summed E-state index contributed by atoms with van der Waals surface area (Å²) in [6, 6.07) is 6.49. The van der Waals surface area contributed by atoms with Crippen molar-refractivity contribution in [2.24, 2.45) is 10.9 Å². The zero-order chi connectivity index (χ0) is 16.4. The number of allylic oxidation sites excluding steroid dienone is 1. The van der Waals surface area contributed by atoms with Crippen LogP contribution in [-0.4, -0.2) is 29.6 Å². The summed E-state index contributed by atoms with van der Waals surface area (Å²) in [4.78, 5) is 15.3. The number of hydrogen-bond acceptors (Lipinski definition) is 4. The number of aliphatic carboxylic acids is 1. The van der Waals surface area contributed by atoms with Gasteiger partial charge in [0.05, 0.1) is 25.0 Å². The summed E-state index contributed by atoms with van der Waals surface area (Å²) < 4.78 is 0. The van der Waals surface area contributed by atoms with E-state index in [0.29, 0.717) is 18.4 Å². The monoisotopic (exact) mass is 313 g/mol. The Morgan fingerprint density at radius 3 is 3.13 bits per heavy atom. The molecule has 0 fully saturated rings. The van der Waals surface area contributed by atoms with Crippen molar-refractivity contribution >= 4 is 11.9 Å². The highest BCUT2D eigenvalue weighted by Gasteiger charge is 2.34. The number of guanidine groups is 1. The Balaban J connectivity index is 1.74. The number of benzene rings is 1. The number of carboxylic acids is 1. The largest absolute Gasteiger partial charge is 0.481 e. The number of aryl methyl sites for hydroxylation is 1. The quantitative estimate of drug-likeness (QED) is 0.729. The van der Waals surface area contributed by atoms with E-state index in [2.05, 4.69) is 47.3 Å². The molecule has 0 amide bonds. The van der Waals surface area contributed by atoms with Crippen molar-refractivity contribution in [1.82, 2.24) is 10.6 Å². The molecule has 0 aromatic heterocycles. The molecule has 5 nitrogen and oxygen atoms in total. The molecular weight excluding hydrogens is 290 g/mol. The maximum Gasteiger partial charge on any atom is 0.305 e. The van der Waals surface area contributed by atoms with Gasteiger partial charge < -0.3 is 15.7 Å². The van der Waals surface area contributed by atoms with E-state index < -0.39 is 5.97 Å². The minimum Gasteiger partial charge on any atom is -0.481 e. The Kier molecular flexibility index (Phi) is 4.37. The number of carbonyl (C=O) groups is 1. The summed E-state index contributed by atoms with van der Waals surface area (Å²) in [7, 11) is 0. The molecule has 2 aliphatic rings. The van der Waals surface area contributed by atoms with Crippen LogP contribution in [-0.2, 0) is 11.2 Å². The van der Waals surface area contributed by atoms with E-state index in [-0.39, 0.29) is 18.5 Å². The lowest BCUT2D eigenvalue weighted by Gasteiger charge is -2.22. The lowest BCUT2D eigenvalue weighted by molar-refractivity contribution is -0.137. The van der Waals surface area contributed by atoms with Gasteiger partial charge in [-0.05, 0) is 42.4 Å². The summed E-state index contributed by atoms with van der Waals surface area (Å²) in [5.74, 6) is 0.363. The van der Waals surface area contributed by atoms with Crippen LogP contribution in [0.4, 0.5) is 0 Å². The molecule has 0 spiro atoms. The third-order valence-corrected chi connectivity index (χ3v) is 4.71. The first kappa shape index (κ1) is 15.6. The van der Waals surface area contributed by atoms with Gasteiger partial charge in [-0.25, -0.2) is 0 Å². The normalized spacial score (nSPS) is 25.4.